The quantitative estimate of drug-likeness (QED) is 0.788. The van der Waals surface area contributed by atoms with E-state index in [9.17, 15) is 4.79 Å². The summed E-state index contributed by atoms with van der Waals surface area (Å²) in [7, 11) is 0. The molecule has 4 heteroatoms. The first-order valence-corrected chi connectivity index (χ1v) is 7.19. The predicted molar refractivity (Wildman–Crippen MR) is 82.3 cm³/mol. The third kappa shape index (κ3) is 3.45. The summed E-state index contributed by atoms with van der Waals surface area (Å²) in [4.78, 5) is 16.6. The number of ketones is 1. The molecule has 104 valence electrons. The molecule has 0 amide bonds. The lowest BCUT2D eigenvalue weighted by atomic mass is 10.0. The first kappa shape index (κ1) is 14.7. The Kier molecular flexibility index (Phi) is 4.55. The van der Waals surface area contributed by atoms with E-state index in [4.69, 9.17) is 4.74 Å². The second-order valence-electron chi connectivity index (χ2n) is 4.86. The van der Waals surface area contributed by atoms with Crippen molar-refractivity contribution in [3.63, 3.8) is 0 Å². The van der Waals surface area contributed by atoms with Crippen LogP contribution >= 0.6 is 15.9 Å². The van der Waals surface area contributed by atoms with E-state index in [-0.39, 0.29) is 11.9 Å². The van der Waals surface area contributed by atoms with Gasteiger partial charge in [0.2, 0.25) is 0 Å². The standard InChI is InChI=1S/C16H16BrNO2/c1-10(2)20-14-7-12(8-18-9-14)16(19)15-5-4-13(17)6-11(15)3/h4-10H,1-3H3. The van der Waals surface area contributed by atoms with E-state index in [0.717, 1.165) is 10.0 Å². The summed E-state index contributed by atoms with van der Waals surface area (Å²) in [5.74, 6) is 0.567. The zero-order valence-corrected chi connectivity index (χ0v) is 13.3. The highest BCUT2D eigenvalue weighted by Crippen LogP contribution is 2.21. The molecule has 0 atom stereocenters. The van der Waals surface area contributed by atoms with Gasteiger partial charge in [-0.05, 0) is 50.6 Å². The van der Waals surface area contributed by atoms with Crippen LogP contribution in [0.15, 0.2) is 41.1 Å². The van der Waals surface area contributed by atoms with Gasteiger partial charge in [0.15, 0.2) is 5.78 Å². The number of hydrogen-bond acceptors (Lipinski definition) is 3. The zero-order valence-electron chi connectivity index (χ0n) is 11.7. The summed E-state index contributed by atoms with van der Waals surface area (Å²) < 4.78 is 6.53. The van der Waals surface area contributed by atoms with Crippen molar-refractivity contribution in [1.29, 1.82) is 0 Å². The van der Waals surface area contributed by atoms with Crippen LogP contribution in [0.2, 0.25) is 0 Å². The van der Waals surface area contributed by atoms with E-state index in [1.54, 1.807) is 18.5 Å². The molecule has 0 unspecified atom stereocenters. The topological polar surface area (TPSA) is 39.2 Å². The molecule has 0 aliphatic rings. The number of benzene rings is 1. The molecule has 0 N–H and O–H groups in total. The summed E-state index contributed by atoms with van der Waals surface area (Å²) in [6, 6.07) is 7.34. The first-order valence-electron chi connectivity index (χ1n) is 6.40. The van der Waals surface area contributed by atoms with Gasteiger partial charge in [-0.2, -0.15) is 0 Å². The number of hydrogen-bond donors (Lipinski definition) is 0. The Morgan fingerprint density at radius 3 is 2.65 bits per heavy atom. The molecule has 0 fully saturated rings. The molecule has 0 bridgehead atoms. The van der Waals surface area contributed by atoms with Gasteiger partial charge in [-0.1, -0.05) is 15.9 Å². The molecule has 2 aromatic rings. The number of aryl methyl sites for hydroxylation is 1. The van der Waals surface area contributed by atoms with Crippen molar-refractivity contribution in [1.82, 2.24) is 4.98 Å². The Bertz CT molecular complexity index is 638. The van der Waals surface area contributed by atoms with Gasteiger partial charge in [-0.3, -0.25) is 9.78 Å². The van der Waals surface area contributed by atoms with Crippen molar-refractivity contribution in [2.75, 3.05) is 0 Å². The van der Waals surface area contributed by atoms with Crippen molar-refractivity contribution in [2.24, 2.45) is 0 Å². The minimum absolute atomic E-state index is 0.0447. The Labute approximate surface area is 127 Å². The smallest absolute Gasteiger partial charge is 0.194 e. The first-order chi connectivity index (χ1) is 9.47. The Hall–Kier alpha value is -1.68. The molecular weight excluding hydrogens is 318 g/mol. The van der Waals surface area contributed by atoms with E-state index < -0.39 is 0 Å². The molecule has 0 saturated carbocycles. The fourth-order valence-corrected chi connectivity index (χ4v) is 2.39. The number of nitrogens with zero attached hydrogens (tertiary/aromatic N) is 1. The number of ether oxygens (including phenoxy) is 1. The molecule has 0 aliphatic heterocycles. The van der Waals surface area contributed by atoms with Gasteiger partial charge in [-0.15, -0.1) is 0 Å². The molecule has 2 rings (SSSR count). The van der Waals surface area contributed by atoms with Crippen molar-refractivity contribution < 1.29 is 9.53 Å². The molecule has 1 aromatic carbocycles. The van der Waals surface area contributed by atoms with Crippen LogP contribution < -0.4 is 4.74 Å². The van der Waals surface area contributed by atoms with Crippen LogP contribution in [0.25, 0.3) is 0 Å². The highest BCUT2D eigenvalue weighted by Gasteiger charge is 2.13. The molecule has 3 nitrogen and oxygen atoms in total. The van der Waals surface area contributed by atoms with Gasteiger partial charge < -0.3 is 4.74 Å². The second-order valence-corrected chi connectivity index (χ2v) is 5.78. The van der Waals surface area contributed by atoms with Crippen LogP contribution in [0, 0.1) is 6.92 Å². The molecular formula is C16H16BrNO2. The largest absolute Gasteiger partial charge is 0.489 e. The van der Waals surface area contributed by atoms with Gasteiger partial charge in [0.25, 0.3) is 0 Å². The lowest BCUT2D eigenvalue weighted by molar-refractivity contribution is 0.103. The van der Waals surface area contributed by atoms with Crippen LogP contribution in [0.4, 0.5) is 0 Å². The van der Waals surface area contributed by atoms with Crippen molar-refractivity contribution in [2.45, 2.75) is 26.9 Å². The van der Waals surface area contributed by atoms with Gasteiger partial charge in [-0.25, -0.2) is 0 Å². The van der Waals surface area contributed by atoms with E-state index in [1.807, 2.05) is 39.0 Å². The minimum atomic E-state index is -0.0447. The number of pyridine rings is 1. The van der Waals surface area contributed by atoms with Gasteiger partial charge in [0.05, 0.1) is 12.3 Å². The zero-order chi connectivity index (χ0) is 14.7. The van der Waals surface area contributed by atoms with E-state index >= 15 is 0 Å². The van der Waals surface area contributed by atoms with Gasteiger partial charge >= 0.3 is 0 Å². The molecule has 0 aliphatic carbocycles. The summed E-state index contributed by atoms with van der Waals surface area (Å²) in [5, 5.41) is 0. The monoisotopic (exact) mass is 333 g/mol. The molecule has 0 spiro atoms. The predicted octanol–water partition coefficient (Wildman–Crippen LogP) is 4.17. The minimum Gasteiger partial charge on any atom is -0.489 e. The maximum Gasteiger partial charge on any atom is 0.194 e. The Morgan fingerprint density at radius 1 is 1.25 bits per heavy atom. The maximum atomic E-state index is 12.5. The third-order valence-corrected chi connectivity index (χ3v) is 3.27. The second kappa shape index (κ2) is 6.18. The van der Waals surface area contributed by atoms with Crippen LogP contribution in [0.3, 0.4) is 0 Å². The molecule has 1 aromatic heterocycles. The Balaban J connectivity index is 2.33. The van der Waals surface area contributed by atoms with Crippen molar-refractivity contribution in [3.05, 3.63) is 57.8 Å². The number of carbonyl (C=O) groups is 1. The highest BCUT2D eigenvalue weighted by atomic mass is 79.9. The summed E-state index contributed by atoms with van der Waals surface area (Å²) in [6.07, 6.45) is 3.24. The molecule has 0 saturated heterocycles. The van der Waals surface area contributed by atoms with Crippen molar-refractivity contribution in [3.8, 4) is 5.75 Å². The average molecular weight is 334 g/mol. The number of rotatable bonds is 4. The number of aromatic nitrogens is 1. The van der Waals surface area contributed by atoms with Gasteiger partial charge in [0.1, 0.15) is 5.75 Å². The van der Waals surface area contributed by atoms with Gasteiger partial charge in [0, 0.05) is 21.8 Å². The van der Waals surface area contributed by atoms with Crippen LogP contribution in [0.5, 0.6) is 5.75 Å². The fourth-order valence-electron chi connectivity index (χ4n) is 1.92. The Morgan fingerprint density at radius 2 is 2.00 bits per heavy atom. The number of carbonyl (C=O) groups excluding carboxylic acids is 1. The maximum absolute atomic E-state index is 12.5. The lowest BCUT2D eigenvalue weighted by Crippen LogP contribution is -2.08. The van der Waals surface area contributed by atoms with Crippen LogP contribution in [-0.4, -0.2) is 16.9 Å². The summed E-state index contributed by atoms with van der Waals surface area (Å²) >= 11 is 3.40. The summed E-state index contributed by atoms with van der Waals surface area (Å²) in [6.45, 7) is 5.79. The molecule has 20 heavy (non-hydrogen) atoms. The SMILES string of the molecule is Cc1cc(Br)ccc1C(=O)c1cncc(OC(C)C)c1. The van der Waals surface area contributed by atoms with E-state index in [1.165, 1.54) is 0 Å². The van der Waals surface area contributed by atoms with Crippen LogP contribution in [-0.2, 0) is 0 Å². The number of halogens is 1. The molecule has 0 radical (unpaired) electrons. The summed E-state index contributed by atoms with van der Waals surface area (Å²) in [5.41, 5.74) is 2.14. The highest BCUT2D eigenvalue weighted by molar-refractivity contribution is 9.10. The normalized spacial score (nSPS) is 10.7. The van der Waals surface area contributed by atoms with Crippen molar-refractivity contribution >= 4 is 21.7 Å². The molecule has 1 heterocycles. The average Bonchev–Trinajstić information content (AvgIpc) is 2.37. The van der Waals surface area contributed by atoms with E-state index in [2.05, 4.69) is 20.9 Å². The van der Waals surface area contributed by atoms with Crippen LogP contribution in [0.1, 0.15) is 35.3 Å². The fraction of sp³-hybridized carbons (Fsp3) is 0.250. The van der Waals surface area contributed by atoms with E-state index in [0.29, 0.717) is 16.9 Å². The lowest BCUT2D eigenvalue weighted by Gasteiger charge is -2.10. The third-order valence-electron chi connectivity index (χ3n) is 2.78.